The lowest BCUT2D eigenvalue weighted by atomic mass is 9.98. The van der Waals surface area contributed by atoms with Crippen LogP contribution in [0.15, 0.2) is 24.3 Å². The molecule has 23 heavy (non-hydrogen) atoms. The van der Waals surface area contributed by atoms with Crippen molar-refractivity contribution in [2.24, 2.45) is 5.92 Å². The molecule has 120 valence electrons. The van der Waals surface area contributed by atoms with Gasteiger partial charge in [0.05, 0.1) is 35.0 Å². The molecule has 3 heterocycles. The molecule has 5 nitrogen and oxygen atoms in total. The molecule has 0 spiro atoms. The zero-order chi connectivity index (χ0) is 16.0. The summed E-state index contributed by atoms with van der Waals surface area (Å²) in [7, 11) is 0. The van der Waals surface area contributed by atoms with Gasteiger partial charge in [-0.2, -0.15) is 0 Å². The lowest BCUT2D eigenvalue weighted by molar-refractivity contribution is 0.00842. The molecule has 1 aromatic heterocycles. The Kier molecular flexibility index (Phi) is 3.58. The average molecular weight is 330 g/mol. The Bertz CT molecular complexity index is 794. The van der Waals surface area contributed by atoms with E-state index in [1.165, 1.54) is 4.90 Å². The average Bonchev–Trinajstić information content (AvgIpc) is 2.87. The monoisotopic (exact) mass is 330 g/mol. The number of thiazole rings is 1. The molecule has 2 aromatic rings. The summed E-state index contributed by atoms with van der Waals surface area (Å²) in [6.45, 7) is 4.12. The fraction of sp³-hybridized carbons (Fsp3) is 0.412. The second kappa shape index (κ2) is 5.62. The van der Waals surface area contributed by atoms with Crippen LogP contribution in [0, 0.1) is 5.92 Å². The highest BCUT2D eigenvalue weighted by Gasteiger charge is 2.26. The van der Waals surface area contributed by atoms with Crippen LogP contribution in [0.3, 0.4) is 0 Å². The van der Waals surface area contributed by atoms with Gasteiger partial charge < -0.3 is 9.84 Å². The highest BCUT2D eigenvalue weighted by molar-refractivity contribution is 7.18. The maximum absolute atomic E-state index is 11.5. The van der Waals surface area contributed by atoms with Crippen LogP contribution >= 0.6 is 11.3 Å². The van der Waals surface area contributed by atoms with Crippen molar-refractivity contribution >= 4 is 33.3 Å². The first-order valence-electron chi connectivity index (χ1n) is 7.81. The minimum Gasteiger partial charge on any atom is -0.465 e. The van der Waals surface area contributed by atoms with Crippen LogP contribution in [0.1, 0.15) is 29.8 Å². The van der Waals surface area contributed by atoms with Crippen molar-refractivity contribution in [3.8, 4) is 0 Å². The predicted octanol–water partition coefficient (Wildman–Crippen LogP) is 3.77. The van der Waals surface area contributed by atoms with E-state index in [1.54, 1.807) is 11.3 Å². The van der Waals surface area contributed by atoms with Gasteiger partial charge in [0.1, 0.15) is 5.01 Å². The van der Waals surface area contributed by atoms with Gasteiger partial charge in [-0.05, 0) is 24.5 Å². The molecular formula is C17H18N2O3S. The maximum atomic E-state index is 11.5. The second-order valence-corrected chi connectivity index (χ2v) is 7.35. The fourth-order valence-corrected chi connectivity index (χ4v) is 4.04. The minimum atomic E-state index is -0.895. The minimum absolute atomic E-state index is 0.350. The summed E-state index contributed by atoms with van der Waals surface area (Å²) < 4.78 is 6.38. The molecule has 1 N–H and O–H groups in total. The standard InChI is InChI=1S/C17H18N2O3S/c1-10-2-4-14(19(7-10)17(20)21)11-3-5-15-13(6-11)18-16(23-15)12-8-22-9-12/h3-6,10,12H,2,7-9H2,1H3,(H,20,21)/t10-/m0/s1. The molecule has 0 bridgehead atoms. The third-order valence-electron chi connectivity index (χ3n) is 4.42. The zero-order valence-electron chi connectivity index (χ0n) is 12.9. The molecule has 0 aliphatic carbocycles. The van der Waals surface area contributed by atoms with E-state index < -0.39 is 6.09 Å². The Morgan fingerprint density at radius 1 is 1.43 bits per heavy atom. The van der Waals surface area contributed by atoms with Crippen molar-refractivity contribution in [3.05, 3.63) is 34.8 Å². The van der Waals surface area contributed by atoms with Crippen molar-refractivity contribution < 1.29 is 14.6 Å². The fourth-order valence-electron chi connectivity index (χ4n) is 3.02. The molecule has 4 rings (SSSR count). The van der Waals surface area contributed by atoms with Gasteiger partial charge in [-0.15, -0.1) is 11.3 Å². The summed E-state index contributed by atoms with van der Waals surface area (Å²) in [5.41, 5.74) is 2.65. The van der Waals surface area contributed by atoms with Crippen molar-refractivity contribution in [1.29, 1.82) is 0 Å². The summed E-state index contributed by atoms with van der Waals surface area (Å²) in [6, 6.07) is 6.05. The Balaban J connectivity index is 1.71. The highest BCUT2D eigenvalue weighted by atomic mass is 32.1. The van der Waals surface area contributed by atoms with Crippen LogP contribution in [-0.4, -0.2) is 40.8 Å². The van der Waals surface area contributed by atoms with E-state index >= 15 is 0 Å². The van der Waals surface area contributed by atoms with Gasteiger partial charge in [0.25, 0.3) is 0 Å². The lowest BCUT2D eigenvalue weighted by Gasteiger charge is -2.29. The largest absolute Gasteiger partial charge is 0.465 e. The molecule has 1 saturated heterocycles. The van der Waals surface area contributed by atoms with Crippen molar-refractivity contribution in [3.63, 3.8) is 0 Å². The summed E-state index contributed by atoms with van der Waals surface area (Å²) in [6.07, 6.45) is 2.03. The summed E-state index contributed by atoms with van der Waals surface area (Å²) in [5, 5.41) is 10.6. The topological polar surface area (TPSA) is 62.7 Å². The number of carboxylic acid groups (broad SMARTS) is 1. The first-order chi connectivity index (χ1) is 11.1. The molecule has 0 saturated carbocycles. The van der Waals surface area contributed by atoms with E-state index in [4.69, 9.17) is 9.72 Å². The normalized spacial score (nSPS) is 22.0. The number of allylic oxidation sites excluding steroid dienone is 1. The smallest absolute Gasteiger partial charge is 0.411 e. The van der Waals surface area contributed by atoms with Crippen LogP contribution in [-0.2, 0) is 4.74 Å². The Morgan fingerprint density at radius 3 is 2.96 bits per heavy atom. The van der Waals surface area contributed by atoms with Gasteiger partial charge in [0.2, 0.25) is 0 Å². The number of amides is 1. The molecule has 0 radical (unpaired) electrons. The summed E-state index contributed by atoms with van der Waals surface area (Å²) in [4.78, 5) is 17.7. The lowest BCUT2D eigenvalue weighted by Crippen LogP contribution is -2.34. The predicted molar refractivity (Wildman–Crippen MR) is 89.7 cm³/mol. The van der Waals surface area contributed by atoms with Gasteiger partial charge in [0.15, 0.2) is 0 Å². The Labute approximate surface area is 138 Å². The number of carbonyl (C=O) groups is 1. The van der Waals surface area contributed by atoms with Crippen LogP contribution in [0.4, 0.5) is 4.79 Å². The number of hydrogen-bond donors (Lipinski definition) is 1. The van der Waals surface area contributed by atoms with Crippen molar-refractivity contribution in [1.82, 2.24) is 9.88 Å². The van der Waals surface area contributed by atoms with Crippen LogP contribution in [0.2, 0.25) is 0 Å². The molecule has 1 aromatic carbocycles. The van der Waals surface area contributed by atoms with E-state index in [0.29, 0.717) is 18.4 Å². The van der Waals surface area contributed by atoms with E-state index in [9.17, 15) is 9.90 Å². The van der Waals surface area contributed by atoms with Crippen LogP contribution in [0.25, 0.3) is 15.9 Å². The van der Waals surface area contributed by atoms with E-state index in [0.717, 1.165) is 46.1 Å². The number of benzene rings is 1. The number of aromatic nitrogens is 1. The van der Waals surface area contributed by atoms with Gasteiger partial charge in [-0.1, -0.05) is 19.1 Å². The van der Waals surface area contributed by atoms with Gasteiger partial charge >= 0.3 is 6.09 Å². The van der Waals surface area contributed by atoms with Gasteiger partial charge in [-0.3, -0.25) is 4.90 Å². The van der Waals surface area contributed by atoms with Crippen molar-refractivity contribution in [2.75, 3.05) is 19.8 Å². The molecular weight excluding hydrogens is 312 g/mol. The van der Waals surface area contributed by atoms with Crippen LogP contribution in [0.5, 0.6) is 0 Å². The van der Waals surface area contributed by atoms with Crippen LogP contribution < -0.4 is 0 Å². The number of hydrogen-bond acceptors (Lipinski definition) is 4. The first kappa shape index (κ1) is 14.7. The molecule has 1 fully saturated rings. The second-order valence-electron chi connectivity index (χ2n) is 6.29. The summed E-state index contributed by atoms with van der Waals surface area (Å²) in [5.74, 6) is 0.768. The molecule has 1 amide bonds. The van der Waals surface area contributed by atoms with E-state index in [1.807, 2.05) is 24.3 Å². The number of ether oxygens (including phenoxy) is 1. The molecule has 6 heteroatoms. The molecule has 2 aliphatic heterocycles. The maximum Gasteiger partial charge on any atom is 0.411 e. The van der Waals surface area contributed by atoms with E-state index in [-0.39, 0.29) is 0 Å². The zero-order valence-corrected chi connectivity index (χ0v) is 13.7. The SMILES string of the molecule is C[C@H]1CC=C(c2ccc3sc(C4COC4)nc3c2)N(C(=O)O)C1. The molecule has 2 aliphatic rings. The Hall–Kier alpha value is -1.92. The molecule has 0 unspecified atom stereocenters. The van der Waals surface area contributed by atoms with Crippen molar-refractivity contribution in [2.45, 2.75) is 19.3 Å². The highest BCUT2D eigenvalue weighted by Crippen LogP contribution is 2.34. The molecule has 1 atom stereocenters. The van der Waals surface area contributed by atoms with Gasteiger partial charge in [-0.25, -0.2) is 9.78 Å². The quantitative estimate of drug-likeness (QED) is 0.910. The number of nitrogens with zero attached hydrogens (tertiary/aromatic N) is 2. The van der Waals surface area contributed by atoms with E-state index in [2.05, 4.69) is 6.92 Å². The number of rotatable bonds is 2. The summed E-state index contributed by atoms with van der Waals surface area (Å²) >= 11 is 1.70. The van der Waals surface area contributed by atoms with Gasteiger partial charge in [0, 0.05) is 12.1 Å². The Morgan fingerprint density at radius 2 is 2.26 bits per heavy atom. The third-order valence-corrected chi connectivity index (χ3v) is 5.62. The number of fused-ring (bicyclic) bond motifs is 1. The first-order valence-corrected chi connectivity index (χ1v) is 8.62. The third kappa shape index (κ3) is 2.62.